The monoisotopic (exact) mass is 384 g/mol. The zero-order chi connectivity index (χ0) is 19.8. The highest BCUT2D eigenvalue weighted by Crippen LogP contribution is 2.15. The maximum atomic E-state index is 12.4. The van der Waals surface area contributed by atoms with Crippen LogP contribution in [-0.4, -0.2) is 23.4 Å². The lowest BCUT2D eigenvalue weighted by Crippen LogP contribution is -2.34. The van der Waals surface area contributed by atoms with Crippen molar-refractivity contribution in [2.45, 2.75) is 27.2 Å². The molecular formula is C21H24N2O3S. The van der Waals surface area contributed by atoms with Crippen molar-refractivity contribution in [1.82, 2.24) is 5.32 Å². The Hall–Kier alpha value is -2.73. The molecule has 0 saturated heterocycles. The molecule has 2 N–H and O–H groups in total. The zero-order valence-electron chi connectivity index (χ0n) is 15.7. The molecule has 0 unspecified atom stereocenters. The smallest absolute Gasteiger partial charge is 0.257 e. The van der Waals surface area contributed by atoms with E-state index in [4.69, 9.17) is 17.0 Å². The fraction of sp³-hybridized carbons (Fsp3) is 0.286. The summed E-state index contributed by atoms with van der Waals surface area (Å²) >= 11 is 5.19. The van der Waals surface area contributed by atoms with Crippen molar-refractivity contribution in [3.63, 3.8) is 0 Å². The first-order chi connectivity index (χ1) is 12.8. The molecule has 0 spiro atoms. The molecule has 0 aliphatic carbocycles. The van der Waals surface area contributed by atoms with E-state index in [0.29, 0.717) is 35.1 Å². The molecule has 0 aromatic heterocycles. The van der Waals surface area contributed by atoms with Crippen LogP contribution in [0.1, 0.15) is 47.9 Å². The van der Waals surface area contributed by atoms with Crippen LogP contribution >= 0.6 is 12.2 Å². The molecule has 142 valence electrons. The molecule has 0 radical (unpaired) electrons. The number of rotatable bonds is 7. The fourth-order valence-corrected chi connectivity index (χ4v) is 2.48. The van der Waals surface area contributed by atoms with Gasteiger partial charge in [0, 0.05) is 16.8 Å². The number of benzene rings is 2. The molecule has 2 aromatic rings. The van der Waals surface area contributed by atoms with Crippen LogP contribution in [0.25, 0.3) is 0 Å². The molecule has 0 saturated carbocycles. The average molecular weight is 385 g/mol. The summed E-state index contributed by atoms with van der Waals surface area (Å²) in [5.74, 6) is 0.890. The van der Waals surface area contributed by atoms with E-state index in [1.807, 2.05) is 6.07 Å². The van der Waals surface area contributed by atoms with Crippen LogP contribution in [0.3, 0.4) is 0 Å². The lowest BCUT2D eigenvalue weighted by atomic mass is 10.1. The first kappa shape index (κ1) is 20.6. The fourth-order valence-electron chi connectivity index (χ4n) is 2.27. The molecule has 2 aromatic carbocycles. The summed E-state index contributed by atoms with van der Waals surface area (Å²) in [5.41, 5.74) is 1.77. The highest BCUT2D eigenvalue weighted by atomic mass is 32.1. The predicted octanol–water partition coefficient (Wildman–Crippen LogP) is 4.44. The zero-order valence-corrected chi connectivity index (χ0v) is 16.6. The number of carbonyl (C=O) groups excluding carboxylic acids is 2. The van der Waals surface area contributed by atoms with Crippen LogP contribution < -0.4 is 15.4 Å². The summed E-state index contributed by atoms with van der Waals surface area (Å²) in [7, 11) is 0. The highest BCUT2D eigenvalue weighted by Gasteiger charge is 2.09. The molecule has 0 aliphatic heterocycles. The third-order valence-electron chi connectivity index (χ3n) is 3.84. The van der Waals surface area contributed by atoms with E-state index in [2.05, 4.69) is 24.5 Å². The third-order valence-corrected chi connectivity index (χ3v) is 4.04. The van der Waals surface area contributed by atoms with E-state index < -0.39 is 0 Å². The average Bonchev–Trinajstić information content (AvgIpc) is 2.62. The Morgan fingerprint density at radius 1 is 1.07 bits per heavy atom. The van der Waals surface area contributed by atoms with Gasteiger partial charge in [-0.25, -0.2) is 0 Å². The van der Waals surface area contributed by atoms with Crippen LogP contribution in [0, 0.1) is 5.92 Å². The Balaban J connectivity index is 1.91. The molecule has 2 rings (SSSR count). The SMILES string of the molecule is CC(=O)c1ccc(NC(=S)NC(=O)c2cccc(OCCC(C)C)c2)cc1. The molecule has 0 fully saturated rings. The van der Waals surface area contributed by atoms with Crippen molar-refractivity contribution in [3.05, 3.63) is 59.7 Å². The molecule has 0 bridgehead atoms. The van der Waals surface area contributed by atoms with Crippen LogP contribution in [0.15, 0.2) is 48.5 Å². The van der Waals surface area contributed by atoms with Gasteiger partial charge in [0.2, 0.25) is 0 Å². The van der Waals surface area contributed by atoms with Gasteiger partial charge in [-0.05, 0) is 73.9 Å². The normalized spacial score (nSPS) is 10.4. The van der Waals surface area contributed by atoms with Crippen molar-refractivity contribution in [1.29, 1.82) is 0 Å². The Labute approximate surface area is 165 Å². The summed E-state index contributed by atoms with van der Waals surface area (Å²) in [6, 6.07) is 13.9. The van der Waals surface area contributed by atoms with Gasteiger partial charge in [-0.2, -0.15) is 0 Å². The van der Waals surface area contributed by atoms with Gasteiger partial charge in [-0.3, -0.25) is 14.9 Å². The molecule has 0 atom stereocenters. The molecular weight excluding hydrogens is 360 g/mol. The first-order valence-corrected chi connectivity index (χ1v) is 9.22. The number of thiocarbonyl (C=S) groups is 1. The largest absolute Gasteiger partial charge is 0.494 e. The summed E-state index contributed by atoms with van der Waals surface area (Å²) in [6.45, 7) is 6.39. The standard InChI is InChI=1S/C21H24N2O3S/c1-14(2)11-12-26-19-6-4-5-17(13-19)20(25)23-21(27)22-18-9-7-16(8-10-18)15(3)24/h4-10,13-14H,11-12H2,1-3H3,(H2,22,23,25,27). The number of hydrogen-bond donors (Lipinski definition) is 2. The lowest BCUT2D eigenvalue weighted by molar-refractivity contribution is 0.0975. The van der Waals surface area contributed by atoms with E-state index in [9.17, 15) is 9.59 Å². The minimum Gasteiger partial charge on any atom is -0.494 e. The van der Waals surface area contributed by atoms with E-state index in [1.165, 1.54) is 6.92 Å². The molecule has 0 aliphatic rings. The van der Waals surface area contributed by atoms with Gasteiger partial charge >= 0.3 is 0 Å². The van der Waals surface area contributed by atoms with Crippen LogP contribution in [-0.2, 0) is 0 Å². The third kappa shape index (κ3) is 6.83. The summed E-state index contributed by atoms with van der Waals surface area (Å²) < 4.78 is 5.68. The van der Waals surface area contributed by atoms with Crippen LogP contribution in [0.5, 0.6) is 5.75 Å². The second-order valence-corrected chi connectivity index (χ2v) is 7.01. The maximum Gasteiger partial charge on any atom is 0.257 e. The number of ketones is 1. The van der Waals surface area contributed by atoms with Gasteiger partial charge in [0.25, 0.3) is 5.91 Å². The van der Waals surface area contributed by atoms with Gasteiger partial charge in [0.15, 0.2) is 10.9 Å². The van der Waals surface area contributed by atoms with Gasteiger partial charge in [0.05, 0.1) is 6.61 Å². The highest BCUT2D eigenvalue weighted by molar-refractivity contribution is 7.80. The second kappa shape index (κ2) is 9.83. The van der Waals surface area contributed by atoms with Crippen LogP contribution in [0.2, 0.25) is 0 Å². The van der Waals surface area contributed by atoms with Gasteiger partial charge in [-0.15, -0.1) is 0 Å². The van der Waals surface area contributed by atoms with E-state index >= 15 is 0 Å². The van der Waals surface area contributed by atoms with Crippen molar-refractivity contribution in [2.75, 3.05) is 11.9 Å². The number of amides is 1. The van der Waals surface area contributed by atoms with Gasteiger partial charge in [0.1, 0.15) is 5.75 Å². The topological polar surface area (TPSA) is 67.4 Å². The minimum atomic E-state index is -0.317. The maximum absolute atomic E-state index is 12.4. The van der Waals surface area contributed by atoms with Crippen molar-refractivity contribution in [2.24, 2.45) is 5.92 Å². The van der Waals surface area contributed by atoms with Crippen molar-refractivity contribution < 1.29 is 14.3 Å². The summed E-state index contributed by atoms with van der Waals surface area (Å²) in [4.78, 5) is 23.7. The molecule has 0 heterocycles. The van der Waals surface area contributed by atoms with E-state index in [-0.39, 0.29) is 16.8 Å². The molecule has 6 heteroatoms. The minimum absolute atomic E-state index is 0.00655. The number of hydrogen-bond acceptors (Lipinski definition) is 4. The molecule has 27 heavy (non-hydrogen) atoms. The number of nitrogens with one attached hydrogen (secondary N) is 2. The Kier molecular flexibility index (Phi) is 7.49. The first-order valence-electron chi connectivity index (χ1n) is 8.81. The van der Waals surface area contributed by atoms with Crippen molar-refractivity contribution >= 4 is 34.7 Å². The van der Waals surface area contributed by atoms with Crippen LogP contribution in [0.4, 0.5) is 5.69 Å². The molecule has 1 amide bonds. The number of ether oxygens (including phenoxy) is 1. The summed E-state index contributed by atoms with van der Waals surface area (Å²) in [6.07, 6.45) is 0.951. The number of Topliss-reactive ketones (excluding diaryl/α,β-unsaturated/α-hetero) is 1. The Morgan fingerprint density at radius 2 is 1.78 bits per heavy atom. The number of carbonyl (C=O) groups is 2. The van der Waals surface area contributed by atoms with Gasteiger partial charge in [-0.1, -0.05) is 19.9 Å². The van der Waals surface area contributed by atoms with E-state index in [0.717, 1.165) is 6.42 Å². The predicted molar refractivity (Wildman–Crippen MR) is 112 cm³/mol. The molecule has 5 nitrogen and oxygen atoms in total. The van der Waals surface area contributed by atoms with Crippen molar-refractivity contribution in [3.8, 4) is 5.75 Å². The Bertz CT molecular complexity index is 816. The quantitative estimate of drug-likeness (QED) is 0.546. The Morgan fingerprint density at radius 3 is 2.41 bits per heavy atom. The van der Waals surface area contributed by atoms with Gasteiger partial charge < -0.3 is 10.1 Å². The second-order valence-electron chi connectivity index (χ2n) is 6.60. The van der Waals surface area contributed by atoms with E-state index in [1.54, 1.807) is 42.5 Å². The number of anilines is 1. The summed E-state index contributed by atoms with van der Waals surface area (Å²) in [5, 5.41) is 5.75. The lowest BCUT2D eigenvalue weighted by Gasteiger charge is -2.11.